The lowest BCUT2D eigenvalue weighted by Crippen LogP contribution is -2.65. The molecule has 2 aromatic carbocycles. The van der Waals surface area contributed by atoms with Crippen LogP contribution in [0.15, 0.2) is 48.5 Å². The third kappa shape index (κ3) is 10.2. The normalized spacial score (nSPS) is 28.9. The number of nitrogens with zero attached hydrogens (tertiary/aromatic N) is 4. The molecule has 4 fully saturated rings. The Morgan fingerprint density at radius 2 is 1.58 bits per heavy atom. The van der Waals surface area contributed by atoms with Gasteiger partial charge in [0, 0.05) is 50.6 Å². The summed E-state index contributed by atoms with van der Waals surface area (Å²) in [6.45, 7) is 7.39. The van der Waals surface area contributed by atoms with Gasteiger partial charge in [0.2, 0.25) is 35.4 Å². The molecule has 0 aliphatic carbocycles. The van der Waals surface area contributed by atoms with Gasteiger partial charge in [0.15, 0.2) is 0 Å². The Morgan fingerprint density at radius 3 is 2.31 bits per heavy atom. The van der Waals surface area contributed by atoms with Crippen LogP contribution in [0.5, 0.6) is 0 Å². The van der Waals surface area contributed by atoms with Gasteiger partial charge in [0.1, 0.15) is 42.4 Å². The number of benzene rings is 2. The highest BCUT2D eigenvalue weighted by Gasteiger charge is 2.49. The van der Waals surface area contributed by atoms with Crippen LogP contribution in [0.4, 0.5) is 0 Å². The summed E-state index contributed by atoms with van der Waals surface area (Å²) in [6.07, 6.45) is -2.40. The second kappa shape index (κ2) is 18.5. The van der Waals surface area contributed by atoms with Crippen molar-refractivity contribution < 1.29 is 43.4 Å². The van der Waals surface area contributed by atoms with E-state index in [0.717, 1.165) is 11.1 Å². The molecule has 0 bridgehead atoms. The summed E-state index contributed by atoms with van der Waals surface area (Å²) in [5, 5.41) is 19.7. The number of rotatable bonds is 7. The fourth-order valence-electron chi connectivity index (χ4n) is 8.53. The van der Waals surface area contributed by atoms with Gasteiger partial charge in [0.25, 0.3) is 0 Å². The Balaban J connectivity index is 1.35. The summed E-state index contributed by atoms with van der Waals surface area (Å²) in [5.41, 5.74) is 2.27. The van der Waals surface area contributed by atoms with Crippen LogP contribution in [0.1, 0.15) is 50.3 Å². The minimum absolute atomic E-state index is 0.0372. The molecule has 2 aromatic rings. The van der Waals surface area contributed by atoms with Crippen LogP contribution in [-0.4, -0.2) is 154 Å². The van der Waals surface area contributed by atoms with Gasteiger partial charge in [-0.05, 0) is 63.4 Å². The van der Waals surface area contributed by atoms with Crippen molar-refractivity contribution >= 4 is 53.0 Å². The molecule has 4 N–H and O–H groups in total. The lowest BCUT2D eigenvalue weighted by Gasteiger charge is -2.42. The number of aliphatic hydroxyl groups excluding tert-OH is 1. The average molecular weight is 836 g/mol. The van der Waals surface area contributed by atoms with E-state index in [1.165, 1.54) is 28.5 Å². The number of halogens is 1. The second-order valence-corrected chi connectivity index (χ2v) is 17.0. The van der Waals surface area contributed by atoms with E-state index in [4.69, 9.17) is 16.3 Å². The van der Waals surface area contributed by atoms with Crippen LogP contribution >= 0.6 is 11.6 Å². The topological polar surface area (TPSA) is 198 Å². The van der Waals surface area contributed by atoms with Gasteiger partial charge in [-0.25, -0.2) is 4.79 Å². The molecule has 0 aromatic heterocycles. The van der Waals surface area contributed by atoms with E-state index in [1.54, 1.807) is 31.3 Å². The van der Waals surface area contributed by atoms with Gasteiger partial charge in [-0.15, -0.1) is 0 Å². The highest BCUT2D eigenvalue weighted by Crippen LogP contribution is 2.28. The molecule has 318 valence electrons. The van der Waals surface area contributed by atoms with E-state index in [2.05, 4.69) is 16.0 Å². The van der Waals surface area contributed by atoms with Crippen LogP contribution in [0.2, 0.25) is 5.02 Å². The van der Waals surface area contributed by atoms with E-state index in [1.807, 2.05) is 43.0 Å². The number of hydrogen-bond acceptors (Lipinski definition) is 10. The molecule has 0 saturated carbocycles. The number of aryl methyl sites for hydroxylation is 1. The van der Waals surface area contributed by atoms with Gasteiger partial charge in [0.05, 0.1) is 12.5 Å². The number of carbonyl (C=O) groups is 7. The van der Waals surface area contributed by atoms with Crippen molar-refractivity contribution in [3.05, 3.63) is 70.2 Å². The van der Waals surface area contributed by atoms with E-state index < -0.39 is 89.9 Å². The molecular weight excluding hydrogens is 782 g/mol. The van der Waals surface area contributed by atoms with Crippen LogP contribution in [0, 0.1) is 12.8 Å². The first-order chi connectivity index (χ1) is 28.0. The largest absolute Gasteiger partial charge is 0.458 e. The zero-order valence-corrected chi connectivity index (χ0v) is 34.8. The van der Waals surface area contributed by atoms with Crippen molar-refractivity contribution in [1.29, 1.82) is 0 Å². The first-order valence-corrected chi connectivity index (χ1v) is 20.6. The van der Waals surface area contributed by atoms with E-state index in [0.29, 0.717) is 17.1 Å². The minimum atomic E-state index is -1.60. The Bertz CT molecular complexity index is 1970. The van der Waals surface area contributed by atoms with Crippen LogP contribution in [0.3, 0.4) is 0 Å². The van der Waals surface area contributed by atoms with Gasteiger partial charge in [-0.1, -0.05) is 60.5 Å². The molecule has 4 aliphatic heterocycles. The number of aliphatic hydroxyl groups is 1. The lowest BCUT2D eigenvalue weighted by molar-refractivity contribution is -0.163. The average Bonchev–Trinajstić information content (AvgIpc) is 3.77. The molecular formula is C42H54ClN7O9. The summed E-state index contributed by atoms with van der Waals surface area (Å²) in [4.78, 5) is 105. The maximum absolute atomic E-state index is 14.8. The number of ether oxygens (including phenoxy) is 1. The number of hydrogen-bond donors (Lipinski definition) is 4. The van der Waals surface area contributed by atoms with Crippen molar-refractivity contribution in [2.75, 3.05) is 39.8 Å². The number of fused-ring (bicyclic) bond motifs is 3. The number of amides is 6. The van der Waals surface area contributed by atoms with Crippen molar-refractivity contribution in [2.45, 2.75) is 102 Å². The van der Waals surface area contributed by atoms with Crippen molar-refractivity contribution in [1.82, 2.24) is 35.6 Å². The predicted molar refractivity (Wildman–Crippen MR) is 215 cm³/mol. The summed E-state index contributed by atoms with van der Waals surface area (Å²) < 4.78 is 5.94. The molecule has 0 unspecified atom stereocenters. The molecule has 4 heterocycles. The standard InChI is InChI=1S/C42H54ClN7O9/c1-23-8-6-9-27(14-23)17-31(45-35(52)18-28-10-7-11-29(43)16-28)37(53)46-36-26(4)59-42(58)33-15-24(2)20-49(33)39(55)25(3)44-38(54)34-22-47(5)12-13-48(34)40(56)32-19-30(51)21-50(32)41(36)57/h6-11,14,16,24-26,30-34,36,51H,12-13,15,17-22H2,1-5H3,(H,44,54)(H,45,52)(H,46,53)/t24-,25+,26+,30-,31+,32+,33+,34+,36+/m1/s1. The van der Waals surface area contributed by atoms with Gasteiger partial charge < -0.3 is 45.4 Å². The number of piperazine rings is 1. The minimum Gasteiger partial charge on any atom is -0.458 e. The zero-order chi connectivity index (χ0) is 42.7. The quantitative estimate of drug-likeness (QED) is 0.280. The molecule has 9 atom stereocenters. The Kier molecular flexibility index (Phi) is 13.6. The van der Waals surface area contributed by atoms with Gasteiger partial charge in [-0.2, -0.15) is 0 Å². The maximum Gasteiger partial charge on any atom is 0.329 e. The van der Waals surface area contributed by atoms with Crippen molar-refractivity contribution in [3.63, 3.8) is 0 Å². The number of cyclic esters (lactones) is 1. The molecule has 6 amide bonds. The highest BCUT2D eigenvalue weighted by atomic mass is 35.5. The zero-order valence-electron chi connectivity index (χ0n) is 34.1. The van der Waals surface area contributed by atoms with E-state index in [9.17, 15) is 38.7 Å². The van der Waals surface area contributed by atoms with Crippen molar-refractivity contribution in [2.24, 2.45) is 5.92 Å². The summed E-state index contributed by atoms with van der Waals surface area (Å²) >= 11 is 6.16. The molecule has 0 spiro atoms. The fraction of sp³-hybridized carbons (Fsp3) is 0.548. The summed E-state index contributed by atoms with van der Waals surface area (Å²) in [7, 11) is 1.81. The highest BCUT2D eigenvalue weighted by molar-refractivity contribution is 6.30. The SMILES string of the molecule is Cc1cccc(C[C@H](NC(=O)Cc2cccc(Cl)c2)C(=O)N[C@@H]2C(=O)N3C[C@H](O)C[C@H]3C(=O)N3CCN(C)C[C@H]3C(=O)N[C@@H](C)C(=O)N3C[C@H](C)C[C@H]3C(=O)O[C@H]2C)c1. The molecule has 6 rings (SSSR count). The van der Waals surface area contributed by atoms with Crippen LogP contribution in [-0.2, 0) is 51.1 Å². The smallest absolute Gasteiger partial charge is 0.329 e. The lowest BCUT2D eigenvalue weighted by atomic mass is 10.0. The molecule has 16 nitrogen and oxygen atoms in total. The van der Waals surface area contributed by atoms with Crippen LogP contribution in [0.25, 0.3) is 0 Å². The summed E-state index contributed by atoms with van der Waals surface area (Å²) in [6, 6.07) is 7.01. The summed E-state index contributed by atoms with van der Waals surface area (Å²) in [5.74, 6) is -4.63. The molecule has 4 aliphatic rings. The Morgan fingerprint density at radius 1 is 0.864 bits per heavy atom. The van der Waals surface area contributed by atoms with E-state index in [-0.39, 0.29) is 57.8 Å². The molecule has 17 heteroatoms. The number of carbonyl (C=O) groups excluding carboxylic acids is 7. The molecule has 0 radical (unpaired) electrons. The van der Waals surface area contributed by atoms with Gasteiger partial charge >= 0.3 is 5.97 Å². The monoisotopic (exact) mass is 835 g/mol. The maximum atomic E-state index is 14.8. The fourth-order valence-corrected chi connectivity index (χ4v) is 8.74. The third-order valence-corrected chi connectivity index (χ3v) is 11.8. The third-order valence-electron chi connectivity index (χ3n) is 11.6. The number of esters is 1. The predicted octanol–water partition coefficient (Wildman–Crippen LogP) is 0.195. The Labute approximate surface area is 348 Å². The van der Waals surface area contributed by atoms with Crippen molar-refractivity contribution in [3.8, 4) is 0 Å². The number of likely N-dealkylation sites (N-methyl/N-ethyl adjacent to an activating group) is 1. The van der Waals surface area contributed by atoms with Gasteiger partial charge in [-0.3, -0.25) is 28.8 Å². The van der Waals surface area contributed by atoms with Crippen LogP contribution < -0.4 is 16.0 Å². The van der Waals surface area contributed by atoms with E-state index >= 15 is 0 Å². The molecule has 4 saturated heterocycles. The Hall–Kier alpha value is -5.06. The first-order valence-electron chi connectivity index (χ1n) is 20.2. The second-order valence-electron chi connectivity index (χ2n) is 16.5. The molecule has 59 heavy (non-hydrogen) atoms. The number of nitrogens with one attached hydrogen (secondary N) is 3. The first kappa shape index (κ1) is 43.5.